The molecule has 0 aliphatic rings. The Hall–Kier alpha value is -1.06. The van der Waals surface area contributed by atoms with E-state index in [0.29, 0.717) is 37.9 Å². The number of unbranched alkanes of at least 4 members (excludes halogenated alkanes) is 24. The summed E-state index contributed by atoms with van der Waals surface area (Å²) in [6.07, 6.45) is 42.6. The largest absolute Gasteiger partial charge is 0.465 e. The zero-order chi connectivity index (χ0) is 35.9. The van der Waals surface area contributed by atoms with Crippen molar-refractivity contribution in [1.82, 2.24) is 0 Å². The van der Waals surface area contributed by atoms with Crippen molar-refractivity contribution in [3.8, 4) is 0 Å². The molecule has 0 fully saturated rings. The summed E-state index contributed by atoms with van der Waals surface area (Å²) < 4.78 is 11.6. The topological polar surface area (TPSA) is 52.6 Å². The van der Waals surface area contributed by atoms with Gasteiger partial charge in [0, 0.05) is 12.8 Å². The first-order valence-electron chi connectivity index (χ1n) is 22.4. The number of hydrogen-bond acceptors (Lipinski definition) is 4. The van der Waals surface area contributed by atoms with E-state index in [1.807, 2.05) is 0 Å². The molecule has 0 bridgehead atoms. The maximum atomic E-state index is 12.5. The Kier molecular flexibility index (Phi) is 38.9. The molecule has 0 amide bonds. The lowest BCUT2D eigenvalue weighted by molar-refractivity contribution is -0.146. The molecule has 0 aromatic carbocycles. The van der Waals surface area contributed by atoms with Crippen LogP contribution in [0.3, 0.4) is 0 Å². The van der Waals surface area contributed by atoms with Crippen molar-refractivity contribution in [2.24, 2.45) is 11.8 Å². The van der Waals surface area contributed by atoms with Crippen LogP contribution < -0.4 is 0 Å². The average molecular weight is 693 g/mol. The predicted molar refractivity (Wildman–Crippen MR) is 213 cm³/mol. The quantitative estimate of drug-likeness (QED) is 0.0474. The van der Waals surface area contributed by atoms with Gasteiger partial charge in [0.05, 0.1) is 13.2 Å². The van der Waals surface area contributed by atoms with E-state index in [1.165, 1.54) is 180 Å². The van der Waals surface area contributed by atoms with Crippen LogP contribution in [0.2, 0.25) is 0 Å². The number of hydrogen-bond donors (Lipinski definition) is 0. The third-order valence-electron chi connectivity index (χ3n) is 10.6. The van der Waals surface area contributed by atoms with Gasteiger partial charge in [-0.05, 0) is 50.4 Å². The van der Waals surface area contributed by atoms with Gasteiger partial charge >= 0.3 is 11.9 Å². The first-order valence-corrected chi connectivity index (χ1v) is 22.4. The summed E-state index contributed by atoms with van der Waals surface area (Å²) in [4.78, 5) is 25.0. The average Bonchev–Trinajstić information content (AvgIpc) is 3.10. The lowest BCUT2D eigenvalue weighted by atomic mass is 9.95. The van der Waals surface area contributed by atoms with Crippen molar-refractivity contribution in [3.05, 3.63) is 0 Å². The molecule has 0 saturated carbocycles. The van der Waals surface area contributed by atoms with E-state index in [9.17, 15) is 9.59 Å². The van der Waals surface area contributed by atoms with Crippen molar-refractivity contribution in [3.63, 3.8) is 0 Å². The van der Waals surface area contributed by atoms with Gasteiger partial charge < -0.3 is 9.47 Å². The van der Waals surface area contributed by atoms with Crippen molar-refractivity contribution in [2.75, 3.05) is 13.2 Å². The van der Waals surface area contributed by atoms with Crippen LogP contribution in [-0.4, -0.2) is 25.2 Å². The molecule has 0 aliphatic heterocycles. The first-order chi connectivity index (χ1) is 24.1. The van der Waals surface area contributed by atoms with Gasteiger partial charge in [0.25, 0.3) is 0 Å². The van der Waals surface area contributed by atoms with E-state index in [2.05, 4.69) is 27.7 Å². The lowest BCUT2D eigenvalue weighted by Gasteiger charge is -2.17. The number of rotatable bonds is 40. The van der Waals surface area contributed by atoms with E-state index in [0.717, 1.165) is 32.1 Å². The van der Waals surface area contributed by atoms with Crippen molar-refractivity contribution < 1.29 is 19.1 Å². The molecular formula is C45H88O4. The van der Waals surface area contributed by atoms with Crippen LogP contribution in [0, 0.1) is 11.8 Å². The number of esters is 2. The first kappa shape index (κ1) is 47.9. The monoisotopic (exact) mass is 693 g/mol. The molecule has 0 radical (unpaired) electrons. The van der Waals surface area contributed by atoms with Gasteiger partial charge in [-0.1, -0.05) is 201 Å². The molecule has 0 aromatic rings. The SMILES string of the molecule is CCCCCCCCCC(CCCCCCC)COC(=O)CCCCCCCC(=O)OCC(CCCCCCC)CCCCCCCCC. The molecule has 2 atom stereocenters. The van der Waals surface area contributed by atoms with Crippen LogP contribution in [0.5, 0.6) is 0 Å². The van der Waals surface area contributed by atoms with Gasteiger partial charge in [0.15, 0.2) is 0 Å². The van der Waals surface area contributed by atoms with Crippen molar-refractivity contribution in [2.45, 2.75) is 252 Å². The molecule has 4 nitrogen and oxygen atoms in total. The van der Waals surface area contributed by atoms with E-state index in [-0.39, 0.29) is 11.9 Å². The van der Waals surface area contributed by atoms with Crippen LogP contribution in [0.15, 0.2) is 0 Å². The molecule has 0 aromatic heterocycles. The van der Waals surface area contributed by atoms with Crippen molar-refractivity contribution >= 4 is 11.9 Å². The molecule has 0 saturated heterocycles. The van der Waals surface area contributed by atoms with Crippen LogP contribution >= 0.6 is 0 Å². The molecule has 292 valence electrons. The van der Waals surface area contributed by atoms with Gasteiger partial charge in [-0.25, -0.2) is 0 Å². The number of ether oxygens (including phenoxy) is 2. The maximum absolute atomic E-state index is 12.5. The fraction of sp³-hybridized carbons (Fsp3) is 0.956. The minimum absolute atomic E-state index is 0.0180. The molecule has 4 heteroatoms. The van der Waals surface area contributed by atoms with Crippen molar-refractivity contribution in [1.29, 1.82) is 0 Å². The summed E-state index contributed by atoms with van der Waals surface area (Å²) in [6, 6.07) is 0. The second-order valence-electron chi connectivity index (χ2n) is 15.6. The van der Waals surface area contributed by atoms with E-state index >= 15 is 0 Å². The van der Waals surface area contributed by atoms with Crippen LogP contribution in [0.4, 0.5) is 0 Å². The molecule has 0 rings (SSSR count). The molecule has 49 heavy (non-hydrogen) atoms. The third kappa shape index (κ3) is 36.5. The number of carbonyl (C=O) groups is 2. The number of carbonyl (C=O) groups excluding carboxylic acids is 2. The molecule has 0 aliphatic carbocycles. The third-order valence-corrected chi connectivity index (χ3v) is 10.6. The highest BCUT2D eigenvalue weighted by Crippen LogP contribution is 2.22. The van der Waals surface area contributed by atoms with E-state index < -0.39 is 0 Å². The summed E-state index contributed by atoms with van der Waals surface area (Å²) in [5.41, 5.74) is 0. The van der Waals surface area contributed by atoms with Gasteiger partial charge in [0.2, 0.25) is 0 Å². The summed E-state index contributed by atoms with van der Waals surface area (Å²) in [5.74, 6) is 1.02. The van der Waals surface area contributed by atoms with Crippen LogP contribution in [-0.2, 0) is 19.1 Å². The van der Waals surface area contributed by atoms with Gasteiger partial charge in [0.1, 0.15) is 0 Å². The zero-order valence-corrected chi connectivity index (χ0v) is 34.0. The Morgan fingerprint density at radius 2 is 0.551 bits per heavy atom. The Balaban J connectivity index is 4.15. The Labute approximate surface area is 307 Å². The fourth-order valence-electron chi connectivity index (χ4n) is 7.11. The maximum Gasteiger partial charge on any atom is 0.305 e. The highest BCUT2D eigenvalue weighted by molar-refractivity contribution is 5.69. The smallest absolute Gasteiger partial charge is 0.305 e. The normalized spacial score (nSPS) is 12.7. The van der Waals surface area contributed by atoms with Crippen LogP contribution in [0.25, 0.3) is 0 Å². The van der Waals surface area contributed by atoms with Gasteiger partial charge in [-0.2, -0.15) is 0 Å². The summed E-state index contributed by atoms with van der Waals surface area (Å²) in [7, 11) is 0. The Morgan fingerprint density at radius 3 is 0.816 bits per heavy atom. The van der Waals surface area contributed by atoms with Gasteiger partial charge in [-0.3, -0.25) is 9.59 Å². The molecule has 0 spiro atoms. The fourth-order valence-corrected chi connectivity index (χ4v) is 7.11. The second-order valence-corrected chi connectivity index (χ2v) is 15.6. The molecule has 0 heterocycles. The minimum Gasteiger partial charge on any atom is -0.465 e. The van der Waals surface area contributed by atoms with E-state index in [1.54, 1.807) is 0 Å². The van der Waals surface area contributed by atoms with E-state index in [4.69, 9.17) is 9.47 Å². The van der Waals surface area contributed by atoms with Gasteiger partial charge in [-0.15, -0.1) is 0 Å². The lowest BCUT2D eigenvalue weighted by Crippen LogP contribution is -2.15. The summed E-state index contributed by atoms with van der Waals surface area (Å²) >= 11 is 0. The molecule has 0 N–H and O–H groups in total. The highest BCUT2D eigenvalue weighted by atomic mass is 16.5. The standard InChI is InChI=1S/C45H88O4/c1-5-9-13-17-19-24-30-36-42(34-28-22-15-11-7-3)40-48-44(46)38-32-26-21-27-33-39-45(47)49-41-43(35-29-23-16-12-8-4)37-31-25-20-18-14-10-6-2/h42-43H,5-41H2,1-4H3. The predicted octanol–water partition coefficient (Wildman–Crippen LogP) is 15.0. The molecular weight excluding hydrogens is 604 g/mol. The zero-order valence-electron chi connectivity index (χ0n) is 34.0. The van der Waals surface area contributed by atoms with Crippen LogP contribution in [0.1, 0.15) is 252 Å². The molecule has 2 unspecified atom stereocenters. The summed E-state index contributed by atoms with van der Waals surface area (Å²) in [5, 5.41) is 0. The Morgan fingerprint density at radius 1 is 0.327 bits per heavy atom. The summed E-state index contributed by atoms with van der Waals surface area (Å²) in [6.45, 7) is 10.3. The highest BCUT2D eigenvalue weighted by Gasteiger charge is 2.14. The second kappa shape index (κ2) is 39.7. The minimum atomic E-state index is -0.0180. The Bertz CT molecular complexity index is 621.